The zero-order valence-electron chi connectivity index (χ0n) is 2.98. The van der Waals surface area contributed by atoms with E-state index in [9.17, 15) is 0 Å². The quantitative estimate of drug-likeness (QED) is 0.459. The Morgan fingerprint density at radius 3 is 2.83 bits per heavy atom. The lowest BCUT2D eigenvalue weighted by Crippen LogP contribution is -1.77. The summed E-state index contributed by atoms with van der Waals surface area (Å²) in [5, 5.41) is 0.329. The maximum absolute atomic E-state index is 5.23. The van der Waals surface area contributed by atoms with Crippen molar-refractivity contribution in [1.82, 2.24) is 0 Å². The molecule has 0 fully saturated rings. The smallest absolute Gasteiger partial charge is 0.231 e. The van der Waals surface area contributed by atoms with Crippen LogP contribution in [-0.4, -0.2) is 6.79 Å². The summed E-state index contributed by atoms with van der Waals surface area (Å²) in [4.78, 5) is 0. The summed E-state index contributed by atoms with van der Waals surface area (Å²) < 4.78 is 9.10. The molecule has 0 saturated carbocycles. The third-order valence-electron chi connectivity index (χ3n) is 0.441. The Morgan fingerprint density at radius 1 is 1.83 bits per heavy atom. The van der Waals surface area contributed by atoms with Crippen LogP contribution in [0.1, 0.15) is 0 Å². The molecule has 0 aromatic rings. The zero-order chi connectivity index (χ0) is 4.41. The Bertz CT molecular complexity index is 78.9. The predicted octanol–water partition coefficient (Wildman–Crippen LogP) is 1.03. The highest BCUT2D eigenvalue weighted by atomic mass is 35.5. The fourth-order valence-corrected chi connectivity index (χ4v) is 0.331. The molecule has 1 rings (SSSR count). The highest BCUT2D eigenvalue weighted by Gasteiger charge is 1.97. The van der Waals surface area contributed by atoms with Gasteiger partial charge < -0.3 is 9.47 Å². The van der Waals surface area contributed by atoms with E-state index in [4.69, 9.17) is 11.6 Å². The molecular weight excluding hydrogens is 103 g/mol. The third kappa shape index (κ3) is 0.571. The topological polar surface area (TPSA) is 18.5 Å². The number of hydrogen-bond acceptors (Lipinski definition) is 2. The maximum atomic E-state index is 5.23. The molecule has 0 atom stereocenters. The second-order valence-corrected chi connectivity index (χ2v) is 1.22. The molecule has 0 spiro atoms. The lowest BCUT2D eigenvalue weighted by atomic mass is 11.1. The number of ether oxygens (including phenoxy) is 2. The standard InChI is InChI=1S/C3H3ClO2/c4-3-1-5-2-6-3/h1H,2H2. The van der Waals surface area contributed by atoms with E-state index in [1.165, 1.54) is 6.26 Å². The van der Waals surface area contributed by atoms with E-state index >= 15 is 0 Å². The molecule has 0 bridgehead atoms. The normalized spacial score (nSPS) is 18.5. The lowest BCUT2D eigenvalue weighted by Gasteiger charge is -1.85. The summed E-state index contributed by atoms with van der Waals surface area (Å²) >= 11 is 5.23. The minimum absolute atomic E-state index is 0.263. The lowest BCUT2D eigenvalue weighted by molar-refractivity contribution is 0.0880. The van der Waals surface area contributed by atoms with E-state index in [0.29, 0.717) is 5.22 Å². The van der Waals surface area contributed by atoms with E-state index in [1.807, 2.05) is 0 Å². The van der Waals surface area contributed by atoms with Crippen LogP contribution in [-0.2, 0) is 9.47 Å². The van der Waals surface area contributed by atoms with Crippen molar-refractivity contribution in [3.05, 3.63) is 11.5 Å². The highest BCUT2D eigenvalue weighted by Crippen LogP contribution is 2.08. The van der Waals surface area contributed by atoms with Gasteiger partial charge in [-0.05, 0) is 11.6 Å². The maximum Gasteiger partial charge on any atom is 0.231 e. The Kier molecular flexibility index (Phi) is 0.881. The summed E-state index contributed by atoms with van der Waals surface area (Å²) in [6.07, 6.45) is 1.36. The Hall–Kier alpha value is -0.370. The number of halogens is 1. The van der Waals surface area contributed by atoms with E-state index in [-0.39, 0.29) is 6.79 Å². The molecule has 1 heterocycles. The van der Waals surface area contributed by atoms with Crippen molar-refractivity contribution >= 4 is 11.6 Å². The van der Waals surface area contributed by atoms with Crippen LogP contribution >= 0.6 is 11.6 Å². The van der Waals surface area contributed by atoms with Gasteiger partial charge >= 0.3 is 0 Å². The van der Waals surface area contributed by atoms with Crippen LogP contribution in [0.5, 0.6) is 0 Å². The van der Waals surface area contributed by atoms with Crippen LogP contribution in [0.2, 0.25) is 0 Å². The SMILES string of the molecule is ClC1=COCO1. The van der Waals surface area contributed by atoms with Gasteiger partial charge in [0.25, 0.3) is 0 Å². The van der Waals surface area contributed by atoms with E-state index < -0.39 is 0 Å². The molecule has 34 valence electrons. The van der Waals surface area contributed by atoms with Gasteiger partial charge in [0, 0.05) is 0 Å². The Labute approximate surface area is 40.3 Å². The van der Waals surface area contributed by atoms with E-state index in [1.54, 1.807) is 0 Å². The van der Waals surface area contributed by atoms with E-state index in [2.05, 4.69) is 9.47 Å². The Morgan fingerprint density at radius 2 is 2.67 bits per heavy atom. The van der Waals surface area contributed by atoms with Gasteiger partial charge in [-0.3, -0.25) is 0 Å². The highest BCUT2D eigenvalue weighted by molar-refractivity contribution is 6.28. The largest absolute Gasteiger partial charge is 0.460 e. The van der Waals surface area contributed by atoms with Gasteiger partial charge in [-0.1, -0.05) is 0 Å². The van der Waals surface area contributed by atoms with Crippen molar-refractivity contribution in [2.75, 3.05) is 6.79 Å². The predicted molar refractivity (Wildman–Crippen MR) is 21.0 cm³/mol. The van der Waals surface area contributed by atoms with Crippen molar-refractivity contribution in [3.63, 3.8) is 0 Å². The van der Waals surface area contributed by atoms with Crippen LogP contribution < -0.4 is 0 Å². The first-order valence-corrected chi connectivity index (χ1v) is 1.87. The first-order valence-electron chi connectivity index (χ1n) is 1.49. The van der Waals surface area contributed by atoms with Crippen molar-refractivity contribution in [1.29, 1.82) is 0 Å². The van der Waals surface area contributed by atoms with Gasteiger partial charge in [0.05, 0.1) is 0 Å². The van der Waals surface area contributed by atoms with Gasteiger partial charge in [0.15, 0.2) is 0 Å². The fourth-order valence-electron chi connectivity index (χ4n) is 0.224. The molecule has 0 radical (unpaired) electrons. The summed E-state index contributed by atoms with van der Waals surface area (Å²) in [6, 6.07) is 0. The monoisotopic (exact) mass is 106 g/mol. The van der Waals surface area contributed by atoms with Crippen LogP contribution in [0.3, 0.4) is 0 Å². The van der Waals surface area contributed by atoms with Crippen molar-refractivity contribution in [3.8, 4) is 0 Å². The van der Waals surface area contributed by atoms with Gasteiger partial charge in [0.2, 0.25) is 12.0 Å². The number of rotatable bonds is 0. The second kappa shape index (κ2) is 1.39. The van der Waals surface area contributed by atoms with Crippen LogP contribution in [0.4, 0.5) is 0 Å². The number of hydrogen-bond donors (Lipinski definition) is 0. The minimum atomic E-state index is 0.263. The molecule has 0 unspecified atom stereocenters. The van der Waals surface area contributed by atoms with Crippen LogP contribution in [0, 0.1) is 0 Å². The molecule has 1 aliphatic heterocycles. The average molecular weight is 107 g/mol. The Balaban J connectivity index is 2.45. The summed E-state index contributed by atoms with van der Waals surface area (Å²) in [5.74, 6) is 0. The molecule has 0 aromatic heterocycles. The van der Waals surface area contributed by atoms with Crippen molar-refractivity contribution in [2.45, 2.75) is 0 Å². The minimum Gasteiger partial charge on any atom is -0.460 e. The van der Waals surface area contributed by atoms with Crippen molar-refractivity contribution < 1.29 is 9.47 Å². The molecule has 0 aromatic carbocycles. The van der Waals surface area contributed by atoms with Gasteiger partial charge in [-0.2, -0.15) is 0 Å². The summed E-state index contributed by atoms with van der Waals surface area (Å²) in [7, 11) is 0. The molecule has 0 saturated heterocycles. The first kappa shape index (κ1) is 3.81. The molecule has 0 amide bonds. The second-order valence-electron chi connectivity index (χ2n) is 0.851. The summed E-state index contributed by atoms with van der Waals surface area (Å²) in [6.45, 7) is 0.263. The van der Waals surface area contributed by atoms with Gasteiger partial charge in [-0.15, -0.1) is 0 Å². The van der Waals surface area contributed by atoms with Crippen LogP contribution in [0.15, 0.2) is 11.5 Å². The molecule has 6 heavy (non-hydrogen) atoms. The molecule has 3 heteroatoms. The zero-order valence-corrected chi connectivity index (χ0v) is 3.73. The molecule has 0 N–H and O–H groups in total. The van der Waals surface area contributed by atoms with Gasteiger partial charge in [-0.25, -0.2) is 0 Å². The molecule has 1 aliphatic rings. The van der Waals surface area contributed by atoms with Crippen LogP contribution in [0.25, 0.3) is 0 Å². The third-order valence-corrected chi connectivity index (χ3v) is 0.639. The van der Waals surface area contributed by atoms with Crippen molar-refractivity contribution in [2.24, 2.45) is 0 Å². The fraction of sp³-hybridized carbons (Fsp3) is 0.333. The molecular formula is C3H3ClO2. The molecule has 2 nitrogen and oxygen atoms in total. The molecule has 0 aliphatic carbocycles. The first-order chi connectivity index (χ1) is 2.89. The summed E-state index contributed by atoms with van der Waals surface area (Å²) in [5.41, 5.74) is 0. The average Bonchev–Trinajstić information content (AvgIpc) is 1.86. The van der Waals surface area contributed by atoms with E-state index in [0.717, 1.165) is 0 Å². The van der Waals surface area contributed by atoms with Gasteiger partial charge in [0.1, 0.15) is 6.26 Å².